The number of esters is 1. The number of rotatable bonds is 7. The normalized spacial score (nSPS) is 14.2. The van der Waals surface area contributed by atoms with Gasteiger partial charge < -0.3 is 10.1 Å². The van der Waals surface area contributed by atoms with E-state index in [-0.39, 0.29) is 5.97 Å². The predicted octanol–water partition coefficient (Wildman–Crippen LogP) is 0.838. The second-order valence-corrected chi connectivity index (χ2v) is 4.98. The molecule has 0 aliphatic carbocycles. The molecule has 0 bridgehead atoms. The van der Waals surface area contributed by atoms with Crippen molar-refractivity contribution in [3.8, 4) is 0 Å². The van der Waals surface area contributed by atoms with E-state index in [1.165, 1.54) is 18.1 Å². The quantitative estimate of drug-likeness (QED) is 0.586. The first-order chi connectivity index (χ1) is 8.53. The largest absolute Gasteiger partial charge is 0.465 e. The van der Waals surface area contributed by atoms with Gasteiger partial charge in [-0.15, -0.1) is 0 Å². The summed E-state index contributed by atoms with van der Waals surface area (Å²) in [6.45, 7) is 6.70. The molecule has 102 valence electrons. The fraction of sp³-hybridized carbons (Fsp3) is 0.727. The van der Waals surface area contributed by atoms with E-state index >= 15 is 0 Å². The lowest BCUT2D eigenvalue weighted by molar-refractivity contribution is -0.149. The van der Waals surface area contributed by atoms with Gasteiger partial charge in [0.2, 0.25) is 0 Å². The molecule has 1 N–H and O–H groups in total. The van der Waals surface area contributed by atoms with Crippen molar-refractivity contribution in [2.24, 2.45) is 7.05 Å². The number of thioether (sulfide) groups is 1. The van der Waals surface area contributed by atoms with Crippen LogP contribution in [0.15, 0.2) is 11.5 Å². The summed E-state index contributed by atoms with van der Waals surface area (Å²) in [6.07, 6.45) is 1.50. The molecule has 1 unspecified atom stereocenters. The Labute approximate surface area is 111 Å². The first kappa shape index (κ1) is 15.0. The third kappa shape index (κ3) is 3.71. The Hall–Kier alpha value is -1.08. The SMILES string of the molecule is CCNC(C)(CSc1ncnn1C)C(=O)OCC. The number of ether oxygens (including phenoxy) is 1. The van der Waals surface area contributed by atoms with Crippen molar-refractivity contribution >= 4 is 17.7 Å². The minimum absolute atomic E-state index is 0.235. The smallest absolute Gasteiger partial charge is 0.326 e. The zero-order valence-electron chi connectivity index (χ0n) is 11.3. The van der Waals surface area contributed by atoms with Gasteiger partial charge in [-0.1, -0.05) is 18.7 Å². The van der Waals surface area contributed by atoms with Crippen LogP contribution in [0.4, 0.5) is 0 Å². The van der Waals surface area contributed by atoms with E-state index in [4.69, 9.17) is 4.74 Å². The van der Waals surface area contributed by atoms with Gasteiger partial charge in [0.05, 0.1) is 6.61 Å². The number of nitrogens with zero attached hydrogens (tertiary/aromatic N) is 3. The fourth-order valence-corrected chi connectivity index (χ4v) is 2.48. The van der Waals surface area contributed by atoms with Crippen LogP contribution >= 0.6 is 11.8 Å². The summed E-state index contributed by atoms with van der Waals surface area (Å²) in [7, 11) is 1.82. The number of hydrogen-bond acceptors (Lipinski definition) is 6. The van der Waals surface area contributed by atoms with Crippen molar-refractivity contribution in [1.82, 2.24) is 20.1 Å². The third-order valence-electron chi connectivity index (χ3n) is 2.45. The maximum atomic E-state index is 12.0. The van der Waals surface area contributed by atoms with Crippen LogP contribution in [0.25, 0.3) is 0 Å². The Morgan fingerprint density at radius 3 is 2.83 bits per heavy atom. The molecule has 1 atom stereocenters. The summed E-state index contributed by atoms with van der Waals surface area (Å²) >= 11 is 1.48. The molecule has 1 rings (SSSR count). The van der Waals surface area contributed by atoms with Crippen molar-refractivity contribution in [3.63, 3.8) is 0 Å². The summed E-state index contributed by atoms with van der Waals surface area (Å²) in [5.41, 5.74) is -0.707. The third-order valence-corrected chi connectivity index (χ3v) is 3.80. The van der Waals surface area contributed by atoms with E-state index in [2.05, 4.69) is 15.4 Å². The van der Waals surface area contributed by atoms with Crippen LogP contribution < -0.4 is 5.32 Å². The van der Waals surface area contributed by atoms with Crippen molar-refractivity contribution in [1.29, 1.82) is 0 Å². The van der Waals surface area contributed by atoms with Crippen molar-refractivity contribution < 1.29 is 9.53 Å². The van der Waals surface area contributed by atoms with Gasteiger partial charge in [-0.25, -0.2) is 9.67 Å². The number of likely N-dealkylation sites (N-methyl/N-ethyl adjacent to an activating group) is 1. The highest BCUT2D eigenvalue weighted by atomic mass is 32.2. The molecule has 1 aromatic rings. The van der Waals surface area contributed by atoms with Crippen molar-refractivity contribution in [2.45, 2.75) is 31.5 Å². The maximum absolute atomic E-state index is 12.0. The van der Waals surface area contributed by atoms with Gasteiger partial charge in [0, 0.05) is 12.8 Å². The summed E-state index contributed by atoms with van der Waals surface area (Å²) < 4.78 is 6.78. The van der Waals surface area contributed by atoms with Crippen LogP contribution in [-0.2, 0) is 16.6 Å². The highest BCUT2D eigenvalue weighted by Gasteiger charge is 2.34. The molecule has 0 spiro atoms. The highest BCUT2D eigenvalue weighted by Crippen LogP contribution is 2.21. The van der Waals surface area contributed by atoms with E-state index < -0.39 is 5.54 Å². The highest BCUT2D eigenvalue weighted by molar-refractivity contribution is 7.99. The maximum Gasteiger partial charge on any atom is 0.326 e. The van der Waals surface area contributed by atoms with E-state index in [1.807, 2.05) is 20.9 Å². The van der Waals surface area contributed by atoms with E-state index in [0.29, 0.717) is 18.9 Å². The number of carbonyl (C=O) groups is 1. The van der Waals surface area contributed by atoms with Crippen LogP contribution in [-0.4, -0.2) is 45.2 Å². The van der Waals surface area contributed by atoms with Crippen LogP contribution in [0.3, 0.4) is 0 Å². The van der Waals surface area contributed by atoms with Gasteiger partial charge in [-0.2, -0.15) is 5.10 Å². The lowest BCUT2D eigenvalue weighted by Gasteiger charge is -2.27. The molecule has 0 radical (unpaired) electrons. The zero-order valence-corrected chi connectivity index (χ0v) is 12.1. The van der Waals surface area contributed by atoms with Gasteiger partial charge in [0.25, 0.3) is 0 Å². The topological polar surface area (TPSA) is 69.0 Å². The molecule has 0 aliphatic rings. The molecule has 0 fully saturated rings. The summed E-state index contributed by atoms with van der Waals surface area (Å²) in [6, 6.07) is 0. The summed E-state index contributed by atoms with van der Waals surface area (Å²) in [5.74, 6) is 0.313. The molecule has 7 heteroatoms. The van der Waals surface area contributed by atoms with Crippen LogP contribution in [0.2, 0.25) is 0 Å². The molecule has 0 saturated carbocycles. The number of nitrogens with one attached hydrogen (secondary N) is 1. The molecule has 0 amide bonds. The number of hydrogen-bond donors (Lipinski definition) is 1. The molecule has 18 heavy (non-hydrogen) atoms. The lowest BCUT2D eigenvalue weighted by Crippen LogP contribution is -2.52. The molecular formula is C11H20N4O2S. The Kier molecular flexibility index (Phi) is 5.61. The zero-order chi connectivity index (χ0) is 13.6. The number of carbonyl (C=O) groups excluding carboxylic acids is 1. The average Bonchev–Trinajstić information content (AvgIpc) is 2.73. The molecule has 0 saturated heterocycles. The van der Waals surface area contributed by atoms with E-state index in [0.717, 1.165) is 5.16 Å². The number of aromatic nitrogens is 3. The standard InChI is InChI=1S/C11H20N4O2S/c1-5-13-11(3,9(16)17-6-2)7-18-10-12-8-14-15(10)4/h8,13H,5-7H2,1-4H3. The Morgan fingerprint density at radius 2 is 2.33 bits per heavy atom. The van der Waals surface area contributed by atoms with E-state index in [9.17, 15) is 4.79 Å². The minimum Gasteiger partial charge on any atom is -0.465 e. The second-order valence-electron chi connectivity index (χ2n) is 4.04. The lowest BCUT2D eigenvalue weighted by atomic mass is 10.1. The van der Waals surface area contributed by atoms with Crippen molar-refractivity contribution in [3.05, 3.63) is 6.33 Å². The predicted molar refractivity (Wildman–Crippen MR) is 70.4 cm³/mol. The Balaban J connectivity index is 2.67. The molecular weight excluding hydrogens is 252 g/mol. The average molecular weight is 272 g/mol. The van der Waals surface area contributed by atoms with E-state index in [1.54, 1.807) is 11.6 Å². The summed E-state index contributed by atoms with van der Waals surface area (Å²) in [4.78, 5) is 16.1. The van der Waals surface area contributed by atoms with Gasteiger partial charge in [0.1, 0.15) is 11.9 Å². The van der Waals surface area contributed by atoms with Crippen LogP contribution in [0.5, 0.6) is 0 Å². The summed E-state index contributed by atoms with van der Waals surface area (Å²) in [5, 5.41) is 7.95. The van der Waals surface area contributed by atoms with Gasteiger partial charge in [-0.3, -0.25) is 4.79 Å². The Morgan fingerprint density at radius 1 is 1.61 bits per heavy atom. The minimum atomic E-state index is -0.707. The van der Waals surface area contributed by atoms with Gasteiger partial charge in [0.15, 0.2) is 5.16 Å². The first-order valence-corrected chi connectivity index (χ1v) is 6.91. The number of aryl methyl sites for hydroxylation is 1. The first-order valence-electron chi connectivity index (χ1n) is 5.92. The fourth-order valence-electron chi connectivity index (χ4n) is 1.49. The van der Waals surface area contributed by atoms with Gasteiger partial charge >= 0.3 is 5.97 Å². The van der Waals surface area contributed by atoms with Gasteiger partial charge in [-0.05, 0) is 20.4 Å². The van der Waals surface area contributed by atoms with Crippen molar-refractivity contribution in [2.75, 3.05) is 18.9 Å². The second kappa shape index (κ2) is 6.75. The molecule has 1 heterocycles. The molecule has 1 aromatic heterocycles. The molecule has 6 nitrogen and oxygen atoms in total. The molecule has 0 aromatic carbocycles. The van der Waals surface area contributed by atoms with Crippen LogP contribution in [0.1, 0.15) is 20.8 Å². The van der Waals surface area contributed by atoms with Crippen LogP contribution in [0, 0.1) is 0 Å². The molecule has 0 aliphatic heterocycles. The Bertz CT molecular complexity index is 396. The monoisotopic (exact) mass is 272 g/mol.